The molecule has 2 N–H and O–H groups in total. The normalized spacial score (nSPS) is 35.5. The molecule has 3 rings (SSSR count). The fourth-order valence-corrected chi connectivity index (χ4v) is 5.00. The highest BCUT2D eigenvalue weighted by atomic mass is 16.6. The first-order valence-electron chi connectivity index (χ1n) is 13.6. The lowest BCUT2D eigenvalue weighted by Gasteiger charge is -2.28. The van der Waals surface area contributed by atoms with Crippen LogP contribution in [-0.2, 0) is 19.0 Å². The van der Waals surface area contributed by atoms with Crippen molar-refractivity contribution in [3.8, 4) is 0 Å². The van der Waals surface area contributed by atoms with Gasteiger partial charge in [-0.2, -0.15) is 0 Å². The van der Waals surface area contributed by atoms with Crippen LogP contribution in [0.2, 0.25) is 0 Å². The van der Waals surface area contributed by atoms with Gasteiger partial charge in [-0.05, 0) is 51.4 Å². The Morgan fingerprint density at radius 3 is 2.70 bits per heavy atom. The second-order valence-corrected chi connectivity index (χ2v) is 10.6. The van der Waals surface area contributed by atoms with Crippen LogP contribution in [-0.4, -0.2) is 59.4 Å². The third-order valence-electron chi connectivity index (χ3n) is 6.92. The van der Waals surface area contributed by atoms with Gasteiger partial charge in [0.15, 0.2) is 0 Å². The summed E-state index contributed by atoms with van der Waals surface area (Å²) in [4.78, 5) is 12.6. The Kier molecular flexibility index (Phi) is 12.1. The van der Waals surface area contributed by atoms with Gasteiger partial charge < -0.3 is 24.4 Å². The maximum absolute atomic E-state index is 12.6. The number of rotatable bonds is 3. The SMILES string of the molecule is C=C1C[C@H](C)C[C@@H]2CC=C[C@@H](C/C=C\CC(=O)O[C@H]([C@@H](O)/C=C/[C@@H]3CC(C)=CCO3)C/C=C/[C@@H](O)C1)O2. The molecule has 6 nitrogen and oxygen atoms in total. The number of hydrogen-bond donors (Lipinski definition) is 2. The van der Waals surface area contributed by atoms with Crippen LogP contribution in [0, 0.1) is 5.92 Å². The van der Waals surface area contributed by atoms with Crippen molar-refractivity contribution in [3.05, 3.63) is 72.4 Å². The summed E-state index contributed by atoms with van der Waals surface area (Å²) < 4.78 is 17.6. The molecule has 0 fully saturated rings. The molecule has 204 valence electrons. The molecule has 0 spiro atoms. The maximum atomic E-state index is 12.6. The van der Waals surface area contributed by atoms with Crippen molar-refractivity contribution in [2.24, 2.45) is 5.92 Å². The summed E-state index contributed by atoms with van der Waals surface area (Å²) in [6, 6.07) is 0. The van der Waals surface area contributed by atoms with Crippen LogP contribution < -0.4 is 0 Å². The number of esters is 1. The van der Waals surface area contributed by atoms with Crippen LogP contribution in [0.1, 0.15) is 65.2 Å². The Bertz CT molecular complexity index is 897. The van der Waals surface area contributed by atoms with Gasteiger partial charge in [0, 0.05) is 6.42 Å². The number of aliphatic hydroxyl groups excluding tert-OH is 2. The van der Waals surface area contributed by atoms with Crippen molar-refractivity contribution in [1.82, 2.24) is 0 Å². The van der Waals surface area contributed by atoms with Crippen LogP contribution in [0.5, 0.6) is 0 Å². The lowest BCUT2D eigenvalue weighted by molar-refractivity contribution is -0.152. The monoisotopic (exact) mass is 512 g/mol. The third-order valence-corrected chi connectivity index (χ3v) is 6.92. The number of carbonyl (C=O) groups excluding carboxylic acids is 1. The Morgan fingerprint density at radius 2 is 1.89 bits per heavy atom. The summed E-state index contributed by atoms with van der Waals surface area (Å²) in [6.07, 6.45) is 19.6. The highest BCUT2D eigenvalue weighted by molar-refractivity contribution is 5.71. The molecule has 2 bridgehead atoms. The smallest absolute Gasteiger partial charge is 0.310 e. The molecule has 6 heteroatoms. The lowest BCUT2D eigenvalue weighted by atomic mass is 9.91. The van der Waals surface area contributed by atoms with E-state index in [4.69, 9.17) is 14.2 Å². The molecule has 0 aromatic carbocycles. The fourth-order valence-electron chi connectivity index (χ4n) is 5.00. The van der Waals surface area contributed by atoms with E-state index in [1.807, 2.05) is 18.2 Å². The van der Waals surface area contributed by atoms with Gasteiger partial charge >= 0.3 is 5.97 Å². The van der Waals surface area contributed by atoms with E-state index in [1.54, 1.807) is 24.3 Å². The number of fused-ring (bicyclic) bond motifs is 2. The molecule has 0 saturated heterocycles. The predicted molar refractivity (Wildman–Crippen MR) is 146 cm³/mol. The van der Waals surface area contributed by atoms with Gasteiger partial charge in [-0.25, -0.2) is 0 Å². The molecular formula is C31H44O6. The Morgan fingerprint density at radius 1 is 1.08 bits per heavy atom. The van der Waals surface area contributed by atoms with Crippen molar-refractivity contribution >= 4 is 5.97 Å². The highest BCUT2D eigenvalue weighted by Crippen LogP contribution is 2.26. The summed E-state index contributed by atoms with van der Waals surface area (Å²) in [5.41, 5.74) is 2.24. The summed E-state index contributed by atoms with van der Waals surface area (Å²) in [5.74, 6) is -0.00310. The summed E-state index contributed by atoms with van der Waals surface area (Å²) in [6.45, 7) is 8.98. The number of cyclic esters (lactones) is 1. The molecule has 0 radical (unpaired) electrons. The van der Waals surface area contributed by atoms with Gasteiger partial charge in [0.05, 0.1) is 37.4 Å². The van der Waals surface area contributed by atoms with Gasteiger partial charge in [-0.1, -0.05) is 79.3 Å². The van der Waals surface area contributed by atoms with Gasteiger partial charge in [0.2, 0.25) is 0 Å². The van der Waals surface area contributed by atoms with E-state index in [0.29, 0.717) is 25.4 Å². The van der Waals surface area contributed by atoms with E-state index >= 15 is 0 Å². The Hall–Kier alpha value is -2.25. The first-order valence-corrected chi connectivity index (χ1v) is 13.6. The quantitative estimate of drug-likeness (QED) is 0.395. The van der Waals surface area contributed by atoms with E-state index in [0.717, 1.165) is 31.3 Å². The highest BCUT2D eigenvalue weighted by Gasteiger charge is 2.23. The van der Waals surface area contributed by atoms with Crippen LogP contribution in [0.25, 0.3) is 0 Å². The largest absolute Gasteiger partial charge is 0.459 e. The molecule has 0 aromatic rings. The van der Waals surface area contributed by atoms with Crippen molar-refractivity contribution in [1.29, 1.82) is 0 Å². The van der Waals surface area contributed by atoms with E-state index in [2.05, 4.69) is 32.6 Å². The average molecular weight is 513 g/mol. The first-order chi connectivity index (χ1) is 17.8. The van der Waals surface area contributed by atoms with Gasteiger partial charge in [0.1, 0.15) is 12.2 Å². The van der Waals surface area contributed by atoms with E-state index in [9.17, 15) is 15.0 Å². The van der Waals surface area contributed by atoms with Crippen molar-refractivity contribution in [3.63, 3.8) is 0 Å². The van der Waals surface area contributed by atoms with E-state index < -0.39 is 24.3 Å². The zero-order valence-electron chi connectivity index (χ0n) is 22.3. The van der Waals surface area contributed by atoms with Crippen LogP contribution in [0.15, 0.2) is 72.4 Å². The molecule has 0 saturated carbocycles. The van der Waals surface area contributed by atoms with Crippen molar-refractivity contribution in [2.75, 3.05) is 6.61 Å². The van der Waals surface area contributed by atoms with Crippen molar-refractivity contribution < 1.29 is 29.2 Å². The van der Waals surface area contributed by atoms with Crippen LogP contribution in [0.4, 0.5) is 0 Å². The number of aliphatic hydroxyl groups is 2. The molecule has 0 amide bonds. The number of hydrogen-bond acceptors (Lipinski definition) is 6. The molecule has 7 atom stereocenters. The topological polar surface area (TPSA) is 85.2 Å². The third kappa shape index (κ3) is 10.9. The maximum Gasteiger partial charge on any atom is 0.310 e. The molecule has 3 aliphatic heterocycles. The Labute approximate surface area is 222 Å². The lowest BCUT2D eigenvalue weighted by Crippen LogP contribution is -2.30. The van der Waals surface area contributed by atoms with Crippen molar-refractivity contribution in [2.45, 2.75) is 102 Å². The standard InChI is InChI=1S/C31H44O6/c1-22-16-17-35-27(20-22)14-15-29(33)30-12-6-8-25(32)19-23(2)18-24(3)21-28-11-7-10-26(36-28)9-4-5-13-31(34)37-30/h4-8,10,14-16,24-30,32-33H,2,9,11-13,17-21H2,1,3H3/b5-4-,8-6+,15-14+/t24-,25+,26+,27+,28-,29-,30-/m0/s1. The zero-order valence-corrected chi connectivity index (χ0v) is 22.3. The molecule has 37 heavy (non-hydrogen) atoms. The second-order valence-electron chi connectivity index (χ2n) is 10.6. The second kappa shape index (κ2) is 15.2. The zero-order chi connectivity index (χ0) is 26.6. The van der Waals surface area contributed by atoms with Gasteiger partial charge in [-0.15, -0.1) is 0 Å². The summed E-state index contributed by atoms with van der Waals surface area (Å²) >= 11 is 0. The van der Waals surface area contributed by atoms with Gasteiger partial charge in [0.25, 0.3) is 0 Å². The minimum Gasteiger partial charge on any atom is -0.459 e. The van der Waals surface area contributed by atoms with E-state index in [-0.39, 0.29) is 31.2 Å². The number of carbonyl (C=O) groups is 1. The molecule has 3 heterocycles. The van der Waals surface area contributed by atoms with E-state index in [1.165, 1.54) is 5.57 Å². The van der Waals surface area contributed by atoms with Gasteiger partial charge in [-0.3, -0.25) is 4.79 Å². The number of ether oxygens (including phenoxy) is 3. The Balaban J connectivity index is 1.68. The molecule has 0 aliphatic carbocycles. The predicted octanol–water partition coefficient (Wildman–Crippen LogP) is 5.28. The first kappa shape index (κ1) is 29.3. The average Bonchev–Trinajstić information content (AvgIpc) is 2.84. The van der Waals surface area contributed by atoms with Crippen LogP contribution >= 0.6 is 0 Å². The molecule has 0 unspecified atom stereocenters. The van der Waals surface area contributed by atoms with Crippen LogP contribution in [0.3, 0.4) is 0 Å². The minimum absolute atomic E-state index is 0.00489. The molecule has 3 aliphatic rings. The summed E-state index contributed by atoms with van der Waals surface area (Å²) in [5, 5.41) is 21.3. The summed E-state index contributed by atoms with van der Waals surface area (Å²) in [7, 11) is 0. The molecular weight excluding hydrogens is 468 g/mol. The minimum atomic E-state index is -0.993. The fraction of sp³-hybridized carbons (Fsp3) is 0.581. The molecule has 0 aromatic heterocycles.